The van der Waals surface area contributed by atoms with Crippen LogP contribution in [0.2, 0.25) is 5.15 Å². The number of aromatic nitrogens is 1. The van der Waals surface area contributed by atoms with E-state index >= 15 is 0 Å². The first kappa shape index (κ1) is 15.7. The molecule has 1 aromatic heterocycles. The highest BCUT2D eigenvalue weighted by atomic mass is 35.5. The standard InChI is InChI=1S/C10H10ClF3N2O3/c11-9-5(10(12,13)14)1-4(3-16-9)8(19)6(17)2-7(15)18/h1,3,6,8,17,19H,2H2,(H2,15,18). The molecule has 0 fully saturated rings. The van der Waals surface area contributed by atoms with E-state index < -0.39 is 41.4 Å². The maximum atomic E-state index is 12.6. The third-order valence-electron chi connectivity index (χ3n) is 2.28. The van der Waals surface area contributed by atoms with E-state index in [-0.39, 0.29) is 5.56 Å². The van der Waals surface area contributed by atoms with E-state index in [1.165, 1.54) is 0 Å². The van der Waals surface area contributed by atoms with E-state index in [9.17, 15) is 28.2 Å². The number of halogens is 4. The third kappa shape index (κ3) is 4.05. The Morgan fingerprint density at radius 2 is 2.05 bits per heavy atom. The van der Waals surface area contributed by atoms with Gasteiger partial charge in [-0.3, -0.25) is 4.79 Å². The molecular formula is C10H10ClF3N2O3. The normalized spacial score (nSPS) is 15.1. The van der Waals surface area contributed by atoms with E-state index in [4.69, 9.17) is 17.3 Å². The fourth-order valence-corrected chi connectivity index (χ4v) is 1.58. The number of alkyl halides is 3. The quantitative estimate of drug-likeness (QED) is 0.723. The zero-order valence-corrected chi connectivity index (χ0v) is 10.1. The van der Waals surface area contributed by atoms with Crippen LogP contribution >= 0.6 is 11.6 Å². The molecule has 1 heterocycles. The zero-order valence-electron chi connectivity index (χ0n) is 9.36. The molecule has 0 saturated heterocycles. The first-order valence-electron chi connectivity index (χ1n) is 5.00. The van der Waals surface area contributed by atoms with Crippen molar-refractivity contribution in [2.24, 2.45) is 5.73 Å². The summed E-state index contributed by atoms with van der Waals surface area (Å²) >= 11 is 5.30. The van der Waals surface area contributed by atoms with E-state index in [2.05, 4.69) is 4.98 Å². The van der Waals surface area contributed by atoms with Gasteiger partial charge in [-0.25, -0.2) is 4.98 Å². The molecule has 0 aliphatic rings. The summed E-state index contributed by atoms with van der Waals surface area (Å²) in [6.07, 6.45) is -7.80. The van der Waals surface area contributed by atoms with Gasteiger partial charge in [-0.15, -0.1) is 0 Å². The monoisotopic (exact) mass is 298 g/mol. The molecule has 106 valence electrons. The zero-order chi connectivity index (χ0) is 14.8. The highest BCUT2D eigenvalue weighted by molar-refractivity contribution is 6.30. The minimum Gasteiger partial charge on any atom is -0.390 e. The Hall–Kier alpha value is -1.38. The van der Waals surface area contributed by atoms with Crippen molar-refractivity contribution >= 4 is 17.5 Å². The van der Waals surface area contributed by atoms with Crippen molar-refractivity contribution in [1.29, 1.82) is 0 Å². The fraction of sp³-hybridized carbons (Fsp3) is 0.400. The van der Waals surface area contributed by atoms with Gasteiger partial charge in [0, 0.05) is 11.8 Å². The summed E-state index contributed by atoms with van der Waals surface area (Å²) in [5.74, 6) is -0.899. The minimum atomic E-state index is -4.74. The first-order valence-corrected chi connectivity index (χ1v) is 5.37. The van der Waals surface area contributed by atoms with E-state index in [1.807, 2.05) is 0 Å². The predicted molar refractivity (Wildman–Crippen MR) is 59.0 cm³/mol. The van der Waals surface area contributed by atoms with Gasteiger partial charge in [-0.05, 0) is 6.07 Å². The average Bonchev–Trinajstić information content (AvgIpc) is 2.26. The Labute approximate surface area is 110 Å². The Morgan fingerprint density at radius 3 is 2.53 bits per heavy atom. The molecule has 9 heteroatoms. The molecule has 0 aromatic carbocycles. The molecule has 1 amide bonds. The van der Waals surface area contributed by atoms with Crippen LogP contribution in [0.4, 0.5) is 13.2 Å². The van der Waals surface area contributed by atoms with Crippen LogP contribution in [0.5, 0.6) is 0 Å². The molecule has 5 nitrogen and oxygen atoms in total. The van der Waals surface area contributed by atoms with Crippen LogP contribution < -0.4 is 5.73 Å². The van der Waals surface area contributed by atoms with Crippen molar-refractivity contribution in [3.05, 3.63) is 28.5 Å². The molecule has 0 bridgehead atoms. The number of carbonyl (C=O) groups excluding carboxylic acids is 1. The number of carbonyl (C=O) groups is 1. The summed E-state index contributed by atoms with van der Waals surface area (Å²) in [6.45, 7) is 0. The van der Waals surface area contributed by atoms with Crippen LogP contribution in [0.3, 0.4) is 0 Å². The molecule has 4 N–H and O–H groups in total. The molecular weight excluding hydrogens is 289 g/mol. The van der Waals surface area contributed by atoms with Gasteiger partial charge < -0.3 is 15.9 Å². The molecule has 1 aromatic rings. The summed E-state index contributed by atoms with van der Waals surface area (Å²) < 4.78 is 37.7. The predicted octanol–water partition coefficient (Wildman–Crippen LogP) is 1.02. The van der Waals surface area contributed by atoms with Crippen LogP contribution in [-0.4, -0.2) is 27.2 Å². The van der Waals surface area contributed by atoms with Crippen molar-refractivity contribution in [2.75, 3.05) is 0 Å². The van der Waals surface area contributed by atoms with E-state index in [0.29, 0.717) is 6.07 Å². The number of pyridine rings is 1. The topological polar surface area (TPSA) is 96.4 Å². The summed E-state index contributed by atoms with van der Waals surface area (Å²) in [5, 5.41) is 18.3. The van der Waals surface area contributed by atoms with Crippen LogP contribution in [0.1, 0.15) is 23.7 Å². The van der Waals surface area contributed by atoms with E-state index in [0.717, 1.165) is 6.20 Å². The van der Waals surface area contributed by atoms with Gasteiger partial charge in [0.15, 0.2) is 0 Å². The van der Waals surface area contributed by atoms with Crippen molar-refractivity contribution in [1.82, 2.24) is 4.98 Å². The smallest absolute Gasteiger partial charge is 0.390 e. The average molecular weight is 299 g/mol. The summed E-state index contributed by atoms with van der Waals surface area (Å²) in [7, 11) is 0. The maximum Gasteiger partial charge on any atom is 0.419 e. The summed E-state index contributed by atoms with van der Waals surface area (Å²) in [6, 6.07) is 0.560. The van der Waals surface area contributed by atoms with Crippen LogP contribution in [0, 0.1) is 0 Å². The SMILES string of the molecule is NC(=O)CC(O)C(O)c1cnc(Cl)c(C(F)(F)F)c1. The molecule has 2 unspecified atom stereocenters. The van der Waals surface area contributed by atoms with Crippen LogP contribution in [-0.2, 0) is 11.0 Å². The van der Waals surface area contributed by atoms with Gasteiger partial charge in [0.1, 0.15) is 11.3 Å². The number of hydrogen-bond donors (Lipinski definition) is 3. The largest absolute Gasteiger partial charge is 0.419 e. The molecule has 1 rings (SSSR count). The minimum absolute atomic E-state index is 0.314. The maximum absolute atomic E-state index is 12.6. The lowest BCUT2D eigenvalue weighted by Crippen LogP contribution is -2.26. The second kappa shape index (κ2) is 5.72. The lowest BCUT2D eigenvalue weighted by Gasteiger charge is -2.18. The lowest BCUT2D eigenvalue weighted by molar-refractivity contribution is -0.138. The van der Waals surface area contributed by atoms with Gasteiger partial charge >= 0.3 is 6.18 Å². The lowest BCUT2D eigenvalue weighted by atomic mass is 10.0. The van der Waals surface area contributed by atoms with Gasteiger partial charge in [-0.2, -0.15) is 13.2 Å². The molecule has 0 aliphatic heterocycles. The molecule has 0 aliphatic carbocycles. The fourth-order valence-electron chi connectivity index (χ4n) is 1.36. The highest BCUT2D eigenvalue weighted by Crippen LogP contribution is 2.35. The first-order chi connectivity index (χ1) is 8.62. The number of nitrogens with two attached hydrogens (primary N) is 1. The second-order valence-electron chi connectivity index (χ2n) is 3.79. The van der Waals surface area contributed by atoms with Gasteiger partial charge in [0.05, 0.1) is 18.1 Å². The number of amides is 1. The molecule has 0 spiro atoms. The number of aliphatic hydroxyl groups excluding tert-OH is 2. The van der Waals surface area contributed by atoms with Crippen molar-refractivity contribution in [3.63, 3.8) is 0 Å². The van der Waals surface area contributed by atoms with Gasteiger partial charge in [0.2, 0.25) is 5.91 Å². The van der Waals surface area contributed by atoms with Gasteiger partial charge in [-0.1, -0.05) is 11.6 Å². The summed E-state index contributed by atoms with van der Waals surface area (Å²) in [5.41, 5.74) is 3.25. The van der Waals surface area contributed by atoms with Crippen LogP contribution in [0.25, 0.3) is 0 Å². The number of rotatable bonds is 4. The Balaban J connectivity index is 3.05. The Kier molecular flexibility index (Phi) is 4.72. The molecule has 19 heavy (non-hydrogen) atoms. The third-order valence-corrected chi connectivity index (χ3v) is 2.58. The second-order valence-corrected chi connectivity index (χ2v) is 4.15. The number of primary amides is 1. The van der Waals surface area contributed by atoms with Crippen molar-refractivity contribution < 1.29 is 28.2 Å². The number of nitrogens with zero attached hydrogens (tertiary/aromatic N) is 1. The van der Waals surface area contributed by atoms with Crippen molar-refractivity contribution in [3.8, 4) is 0 Å². The summed E-state index contributed by atoms with van der Waals surface area (Å²) in [4.78, 5) is 13.8. The molecule has 0 radical (unpaired) electrons. The van der Waals surface area contributed by atoms with Crippen molar-refractivity contribution in [2.45, 2.75) is 24.8 Å². The number of aliphatic hydroxyl groups is 2. The highest BCUT2D eigenvalue weighted by Gasteiger charge is 2.35. The van der Waals surface area contributed by atoms with Crippen LogP contribution in [0.15, 0.2) is 12.3 Å². The Morgan fingerprint density at radius 1 is 1.47 bits per heavy atom. The van der Waals surface area contributed by atoms with Gasteiger partial charge in [0.25, 0.3) is 0 Å². The molecule has 0 saturated carbocycles. The Bertz CT molecular complexity index is 482. The molecule has 2 atom stereocenters. The number of hydrogen-bond acceptors (Lipinski definition) is 4. The van der Waals surface area contributed by atoms with E-state index in [1.54, 1.807) is 0 Å².